The summed E-state index contributed by atoms with van der Waals surface area (Å²) in [4.78, 5) is 22.6. The highest BCUT2D eigenvalue weighted by molar-refractivity contribution is 6.05. The molecule has 6 nitrogen and oxygen atoms in total. The summed E-state index contributed by atoms with van der Waals surface area (Å²) in [6.07, 6.45) is 0.132. The molecule has 20 heavy (non-hydrogen) atoms. The number of imide groups is 1. The number of hydrogen-bond acceptors (Lipinski definition) is 5. The molecule has 0 aliphatic heterocycles. The first-order chi connectivity index (χ1) is 9.56. The molecular formula is C13H12FN3O3. The van der Waals surface area contributed by atoms with Crippen LogP contribution < -0.4 is 10.6 Å². The monoisotopic (exact) mass is 277 g/mol. The molecule has 0 heterocycles. The van der Waals surface area contributed by atoms with Gasteiger partial charge in [0.2, 0.25) is 0 Å². The van der Waals surface area contributed by atoms with Gasteiger partial charge in [0, 0.05) is 11.9 Å². The van der Waals surface area contributed by atoms with E-state index < -0.39 is 17.8 Å². The fourth-order valence-corrected chi connectivity index (χ4v) is 1.21. The van der Waals surface area contributed by atoms with Crippen LogP contribution in [0.25, 0.3) is 0 Å². The van der Waals surface area contributed by atoms with E-state index in [2.05, 4.69) is 10.1 Å². The van der Waals surface area contributed by atoms with E-state index in [1.54, 1.807) is 19.1 Å². The largest absolute Gasteiger partial charge is 0.450 e. The van der Waals surface area contributed by atoms with Crippen LogP contribution in [0.4, 0.5) is 14.9 Å². The molecule has 1 rings (SSSR count). The number of halogens is 1. The molecule has 0 unspecified atom stereocenters. The highest BCUT2D eigenvalue weighted by atomic mass is 19.1. The van der Waals surface area contributed by atoms with Gasteiger partial charge in [-0.05, 0) is 25.1 Å². The van der Waals surface area contributed by atoms with Gasteiger partial charge in [0.05, 0.1) is 6.61 Å². The van der Waals surface area contributed by atoms with E-state index in [0.717, 1.165) is 6.20 Å². The maximum absolute atomic E-state index is 12.9. The summed E-state index contributed by atoms with van der Waals surface area (Å²) in [5.74, 6) is -1.37. The number of rotatable bonds is 4. The van der Waals surface area contributed by atoms with Crippen LogP contribution in [0, 0.1) is 17.1 Å². The van der Waals surface area contributed by atoms with Crippen molar-refractivity contribution in [2.24, 2.45) is 0 Å². The first-order valence-electron chi connectivity index (χ1n) is 5.67. The summed E-state index contributed by atoms with van der Waals surface area (Å²) in [6, 6.07) is 7.09. The third-order valence-corrected chi connectivity index (χ3v) is 2.06. The Bertz CT molecular complexity index is 578. The molecule has 0 saturated heterocycles. The molecule has 0 aliphatic carbocycles. The van der Waals surface area contributed by atoms with Crippen LogP contribution in [0.15, 0.2) is 36.0 Å². The average molecular weight is 277 g/mol. The van der Waals surface area contributed by atoms with E-state index in [1.165, 1.54) is 18.2 Å². The molecule has 0 aromatic heterocycles. The Morgan fingerprint density at radius 2 is 2.25 bits per heavy atom. The van der Waals surface area contributed by atoms with Crippen molar-refractivity contribution in [1.82, 2.24) is 5.32 Å². The minimum Gasteiger partial charge on any atom is -0.450 e. The number of hydrogen-bond donors (Lipinski definition) is 2. The average Bonchev–Trinajstić information content (AvgIpc) is 2.39. The number of nitrogens with one attached hydrogen (secondary N) is 2. The molecule has 0 aliphatic rings. The first-order valence-corrected chi connectivity index (χ1v) is 5.67. The molecule has 0 atom stereocenters. The van der Waals surface area contributed by atoms with Gasteiger partial charge in [-0.3, -0.25) is 10.1 Å². The lowest BCUT2D eigenvalue weighted by atomic mass is 10.3. The summed E-state index contributed by atoms with van der Waals surface area (Å²) in [6.45, 7) is 1.68. The van der Waals surface area contributed by atoms with Crippen molar-refractivity contribution in [1.29, 1.82) is 5.26 Å². The Morgan fingerprint density at radius 1 is 1.50 bits per heavy atom. The molecule has 1 aromatic carbocycles. The number of nitriles is 1. The number of alkyl carbamates (subject to hydrolysis) is 1. The van der Waals surface area contributed by atoms with Crippen LogP contribution in [0.2, 0.25) is 0 Å². The van der Waals surface area contributed by atoms with E-state index in [1.807, 2.05) is 5.32 Å². The molecule has 0 fully saturated rings. The second-order valence-electron chi connectivity index (χ2n) is 3.50. The maximum Gasteiger partial charge on any atom is 0.414 e. The number of amides is 2. The van der Waals surface area contributed by atoms with Crippen LogP contribution in [0.5, 0.6) is 0 Å². The Hall–Kier alpha value is -2.88. The zero-order valence-electron chi connectivity index (χ0n) is 10.6. The van der Waals surface area contributed by atoms with Gasteiger partial charge in [-0.1, -0.05) is 6.07 Å². The van der Waals surface area contributed by atoms with Crippen LogP contribution in [0.1, 0.15) is 6.92 Å². The second-order valence-corrected chi connectivity index (χ2v) is 3.50. The predicted octanol–water partition coefficient (Wildman–Crippen LogP) is 1.92. The van der Waals surface area contributed by atoms with Gasteiger partial charge in [0.25, 0.3) is 5.91 Å². The fraction of sp³-hybridized carbons (Fsp3) is 0.154. The minimum absolute atomic E-state index is 0.103. The molecule has 1 aromatic rings. The number of ether oxygens (including phenoxy) is 1. The highest BCUT2D eigenvalue weighted by Crippen LogP contribution is 2.09. The number of benzene rings is 1. The van der Waals surface area contributed by atoms with Gasteiger partial charge in [-0.2, -0.15) is 5.26 Å². The van der Waals surface area contributed by atoms with Crippen molar-refractivity contribution in [2.75, 3.05) is 11.9 Å². The lowest BCUT2D eigenvalue weighted by Gasteiger charge is -2.04. The third-order valence-electron chi connectivity index (χ3n) is 2.06. The highest BCUT2D eigenvalue weighted by Gasteiger charge is 2.13. The van der Waals surface area contributed by atoms with E-state index in [9.17, 15) is 14.0 Å². The smallest absolute Gasteiger partial charge is 0.414 e. The van der Waals surface area contributed by atoms with Gasteiger partial charge in [-0.25, -0.2) is 9.18 Å². The van der Waals surface area contributed by atoms with Gasteiger partial charge >= 0.3 is 6.09 Å². The Balaban J connectivity index is 2.70. The lowest BCUT2D eigenvalue weighted by Crippen LogP contribution is -2.32. The van der Waals surface area contributed by atoms with E-state index in [4.69, 9.17) is 5.26 Å². The molecule has 0 saturated carbocycles. The topological polar surface area (TPSA) is 91.2 Å². The zero-order chi connectivity index (χ0) is 15.0. The zero-order valence-corrected chi connectivity index (χ0v) is 10.6. The molecule has 0 spiro atoms. The van der Waals surface area contributed by atoms with Crippen LogP contribution in [-0.4, -0.2) is 18.6 Å². The van der Waals surface area contributed by atoms with Crippen molar-refractivity contribution in [2.45, 2.75) is 6.92 Å². The second kappa shape index (κ2) is 7.53. The maximum atomic E-state index is 12.9. The van der Waals surface area contributed by atoms with E-state index >= 15 is 0 Å². The van der Waals surface area contributed by atoms with Crippen LogP contribution >= 0.6 is 0 Å². The summed E-state index contributed by atoms with van der Waals surface area (Å²) < 4.78 is 17.4. The summed E-state index contributed by atoms with van der Waals surface area (Å²) in [5, 5.41) is 13.3. The van der Waals surface area contributed by atoms with Gasteiger partial charge in [-0.15, -0.1) is 0 Å². The van der Waals surface area contributed by atoms with Crippen LogP contribution in [0.3, 0.4) is 0 Å². The first kappa shape index (κ1) is 15.2. The van der Waals surface area contributed by atoms with Crippen molar-refractivity contribution in [3.63, 3.8) is 0 Å². The van der Waals surface area contributed by atoms with E-state index in [-0.39, 0.29) is 12.2 Å². The summed E-state index contributed by atoms with van der Waals surface area (Å²) in [7, 11) is 0. The molecular weight excluding hydrogens is 265 g/mol. The molecule has 7 heteroatoms. The lowest BCUT2D eigenvalue weighted by molar-refractivity contribution is -0.116. The van der Waals surface area contributed by atoms with E-state index in [0.29, 0.717) is 5.69 Å². The minimum atomic E-state index is -0.940. The molecule has 0 radical (unpaired) electrons. The van der Waals surface area contributed by atoms with Crippen molar-refractivity contribution in [3.05, 3.63) is 41.9 Å². The molecule has 0 bridgehead atoms. The van der Waals surface area contributed by atoms with Crippen LogP contribution in [-0.2, 0) is 9.53 Å². The quantitative estimate of drug-likeness (QED) is 0.648. The Labute approximate surface area is 114 Å². The Kier molecular flexibility index (Phi) is 5.72. The SMILES string of the molecule is CCOC(=O)NC(=O)C(C#N)=CNc1cccc(F)c1. The number of carbonyl (C=O) groups excluding carboxylic acids is 2. The van der Waals surface area contributed by atoms with Gasteiger partial charge < -0.3 is 10.1 Å². The van der Waals surface area contributed by atoms with Crippen molar-refractivity contribution >= 4 is 17.7 Å². The Morgan fingerprint density at radius 3 is 2.85 bits per heavy atom. The van der Waals surface area contributed by atoms with Gasteiger partial charge in [0.1, 0.15) is 17.5 Å². The van der Waals surface area contributed by atoms with Crippen molar-refractivity contribution in [3.8, 4) is 6.07 Å². The number of carbonyl (C=O) groups is 2. The standard InChI is InChI=1S/C13H12FN3O3/c1-2-20-13(19)17-12(18)9(7-15)8-16-11-5-3-4-10(14)6-11/h3-6,8,16H,2H2,1H3,(H,17,18,19). The molecule has 104 valence electrons. The summed E-state index contributed by atoms with van der Waals surface area (Å²) >= 11 is 0. The number of nitrogens with zero attached hydrogens (tertiary/aromatic N) is 1. The normalized spacial score (nSPS) is 10.3. The van der Waals surface area contributed by atoms with Crippen molar-refractivity contribution < 1.29 is 18.7 Å². The molecule has 2 N–H and O–H groups in total. The fourth-order valence-electron chi connectivity index (χ4n) is 1.21. The molecule has 2 amide bonds. The number of anilines is 1. The summed E-state index contributed by atoms with van der Waals surface area (Å²) in [5.41, 5.74) is 0.0176. The van der Waals surface area contributed by atoms with Gasteiger partial charge in [0.15, 0.2) is 0 Å². The predicted molar refractivity (Wildman–Crippen MR) is 68.9 cm³/mol. The third kappa shape index (κ3) is 4.78.